The van der Waals surface area contributed by atoms with Crippen LogP contribution in [0.5, 0.6) is 0 Å². The lowest BCUT2D eigenvalue weighted by molar-refractivity contribution is -0.142. The Hall–Kier alpha value is -6.88. The fourth-order valence-electron chi connectivity index (χ4n) is 8.76. The molecule has 1 fully saturated rings. The molecule has 0 bridgehead atoms. The van der Waals surface area contributed by atoms with E-state index >= 15 is 0 Å². The van der Waals surface area contributed by atoms with Gasteiger partial charge in [-0.1, -0.05) is 41.5 Å². The van der Waals surface area contributed by atoms with Gasteiger partial charge >= 0.3 is 5.97 Å². The molecule has 0 unspecified atom stereocenters. The van der Waals surface area contributed by atoms with Crippen LogP contribution in [0.3, 0.4) is 0 Å². The number of likely N-dealkylation sites (tertiary alicyclic amines) is 1. The van der Waals surface area contributed by atoms with Crippen LogP contribution in [0.4, 0.5) is 0 Å². The Bertz CT molecular complexity index is 2120. The Balaban J connectivity index is 3.34. The van der Waals surface area contributed by atoms with Gasteiger partial charge in [-0.25, -0.2) is 0 Å². The summed E-state index contributed by atoms with van der Waals surface area (Å²) in [7, 11) is 0. The normalized spacial score (nSPS) is 16.5. The van der Waals surface area contributed by atoms with E-state index in [9.17, 15) is 53.1 Å². The molecule has 1 aliphatic rings. The standard InChI is InChI=1S/C52H98N18O11/c1-28(2)26-37(45(75)63-32(8)50(80)81)67-46(76)38(27-29(3)4)68-48(78)40(30(5)6)69-41(71)31(7)62-47(77)39-20-15-25-70(39)49(79)36(18-10-12-22-54)66-44(74)34(17-9-11-21-53)65-43(73)35(19-14-24-61-52(58)59)64-42(72)33(55)16-13-23-60-51(56)57/h28-40H,9-27,53-55H2,1-8H3,(H,62,77)(H,63,75)(H,64,72)(H,65,73)(H,66,74)(H,67,76)(H,68,78)(H,69,71)(H,80,81)(H4,56,57,60)(H4,58,59,61)/t31-,32-,33-,34-,35-,36-,37-,38-,39-,40-/m0/s1. The monoisotopic (exact) mass is 1150 g/mol. The Labute approximate surface area is 476 Å². The number of carbonyl (C=O) groups excluding carboxylic acids is 9. The highest BCUT2D eigenvalue weighted by atomic mass is 16.4. The van der Waals surface area contributed by atoms with Crippen molar-refractivity contribution in [2.45, 2.75) is 206 Å². The fourth-order valence-corrected chi connectivity index (χ4v) is 8.76. The molecule has 0 aliphatic carbocycles. The highest BCUT2D eigenvalue weighted by Crippen LogP contribution is 2.21. The van der Waals surface area contributed by atoms with Crippen molar-refractivity contribution in [3.8, 4) is 0 Å². The summed E-state index contributed by atoms with van der Waals surface area (Å²) in [5.74, 6) is -8.39. The minimum Gasteiger partial charge on any atom is -0.480 e. The second-order valence-electron chi connectivity index (χ2n) is 21.9. The quantitative estimate of drug-likeness (QED) is 0.0161. The molecule has 29 heteroatoms. The van der Waals surface area contributed by atoms with Crippen molar-refractivity contribution in [1.82, 2.24) is 47.4 Å². The number of unbranched alkanes of at least 4 members (excludes halogenated alkanes) is 2. The van der Waals surface area contributed by atoms with Crippen molar-refractivity contribution in [2.24, 2.45) is 67.9 Å². The van der Waals surface area contributed by atoms with Crippen LogP contribution in [0.25, 0.3) is 0 Å². The number of nitrogens with two attached hydrogens (primary N) is 7. The highest BCUT2D eigenvalue weighted by Gasteiger charge is 2.40. The highest BCUT2D eigenvalue weighted by molar-refractivity contribution is 5.98. The summed E-state index contributed by atoms with van der Waals surface area (Å²) in [4.78, 5) is 145. The van der Waals surface area contributed by atoms with Crippen LogP contribution in [0.1, 0.15) is 145 Å². The molecule has 0 aromatic heterocycles. The van der Waals surface area contributed by atoms with Gasteiger partial charge in [-0.05, 0) is 135 Å². The second-order valence-corrected chi connectivity index (χ2v) is 21.9. The topological polar surface area (TPSA) is 497 Å². The maximum atomic E-state index is 14.5. The van der Waals surface area contributed by atoms with Crippen molar-refractivity contribution in [3.05, 3.63) is 0 Å². The van der Waals surface area contributed by atoms with Crippen LogP contribution in [-0.2, 0) is 47.9 Å². The van der Waals surface area contributed by atoms with Crippen molar-refractivity contribution in [2.75, 3.05) is 32.7 Å². The molecule has 1 rings (SSSR count). The molecule has 81 heavy (non-hydrogen) atoms. The predicted octanol–water partition coefficient (Wildman–Crippen LogP) is -3.58. The van der Waals surface area contributed by atoms with E-state index in [2.05, 4.69) is 52.5 Å². The second kappa shape index (κ2) is 37.9. The minimum atomic E-state index is -1.26. The third-order valence-corrected chi connectivity index (χ3v) is 13.3. The first kappa shape index (κ1) is 72.1. The van der Waals surface area contributed by atoms with Crippen molar-refractivity contribution >= 4 is 71.1 Å². The summed E-state index contributed by atoms with van der Waals surface area (Å²) in [6, 6.07) is -11.6. The van der Waals surface area contributed by atoms with E-state index in [4.69, 9.17) is 40.1 Å². The minimum absolute atomic E-state index is 0.0560. The van der Waals surface area contributed by atoms with Gasteiger partial charge in [0, 0.05) is 19.6 Å². The summed E-state index contributed by atoms with van der Waals surface area (Å²) in [5, 5.41) is 30.7. The van der Waals surface area contributed by atoms with Crippen LogP contribution in [0, 0.1) is 17.8 Å². The maximum Gasteiger partial charge on any atom is 0.325 e. The lowest BCUT2D eigenvalue weighted by Gasteiger charge is -2.31. The molecule has 0 aromatic carbocycles. The first-order valence-corrected chi connectivity index (χ1v) is 28.3. The predicted molar refractivity (Wildman–Crippen MR) is 307 cm³/mol. The third-order valence-electron chi connectivity index (χ3n) is 13.3. The SMILES string of the molecule is CC(C)C[C@H](NC(=O)[C@H](CC(C)C)NC(=O)[C@@H](NC(=O)[C@H](C)NC(=O)[C@@H]1CCCN1C(=O)[C@H](CCCCN)NC(=O)[C@H](CCCCN)NC(=O)[C@H](CCCN=C(N)N)NC(=O)[C@@H](N)CCCN=C(N)N)C(C)C)C(=O)N[C@@H](C)C(=O)O. The number of rotatable bonds is 39. The van der Waals surface area contributed by atoms with Gasteiger partial charge in [0.25, 0.3) is 0 Å². The molecule has 1 aliphatic heterocycles. The Kier molecular flexibility index (Phi) is 33.8. The van der Waals surface area contributed by atoms with Crippen LogP contribution in [0.15, 0.2) is 9.98 Å². The molecule has 9 amide bonds. The average molecular weight is 1150 g/mol. The molecular weight excluding hydrogens is 1050 g/mol. The number of carboxylic acids is 1. The van der Waals surface area contributed by atoms with Crippen molar-refractivity contribution < 1.29 is 53.1 Å². The van der Waals surface area contributed by atoms with E-state index in [-0.39, 0.29) is 94.8 Å². The van der Waals surface area contributed by atoms with Crippen LogP contribution in [-0.4, -0.2) is 174 Å². The maximum absolute atomic E-state index is 14.5. The summed E-state index contributed by atoms with van der Waals surface area (Å²) in [6.45, 7) is 14.4. The molecule has 0 spiro atoms. The number of amides is 9. The van der Waals surface area contributed by atoms with Crippen LogP contribution >= 0.6 is 0 Å². The largest absolute Gasteiger partial charge is 0.480 e. The Morgan fingerprint density at radius 1 is 0.506 bits per heavy atom. The first-order valence-electron chi connectivity index (χ1n) is 28.3. The number of carbonyl (C=O) groups is 10. The zero-order valence-corrected chi connectivity index (χ0v) is 48.9. The number of nitrogens with zero attached hydrogens (tertiary/aromatic N) is 3. The summed E-state index contributed by atoms with van der Waals surface area (Å²) >= 11 is 0. The summed E-state index contributed by atoms with van der Waals surface area (Å²) in [5.41, 5.74) is 39.5. The van der Waals surface area contributed by atoms with Gasteiger partial charge < -0.3 is 92.7 Å². The van der Waals surface area contributed by atoms with Crippen LogP contribution < -0.4 is 82.7 Å². The van der Waals surface area contributed by atoms with Crippen molar-refractivity contribution in [1.29, 1.82) is 0 Å². The lowest BCUT2D eigenvalue weighted by atomic mass is 9.98. The van der Waals surface area contributed by atoms with E-state index in [1.54, 1.807) is 13.8 Å². The molecule has 23 N–H and O–H groups in total. The number of carboxylic acid groups (broad SMARTS) is 1. The number of hydrogen-bond acceptors (Lipinski definition) is 15. The van der Waals surface area contributed by atoms with Gasteiger partial charge in [-0.15, -0.1) is 0 Å². The molecule has 0 radical (unpaired) electrons. The number of aliphatic carboxylic acids is 1. The number of aliphatic imine (C=N–C) groups is 2. The van der Waals surface area contributed by atoms with Gasteiger partial charge in [0.1, 0.15) is 54.4 Å². The van der Waals surface area contributed by atoms with Gasteiger partial charge in [-0.3, -0.25) is 57.9 Å². The number of hydrogen-bond donors (Lipinski definition) is 16. The van der Waals surface area contributed by atoms with Crippen LogP contribution in [0.2, 0.25) is 0 Å². The number of guanidine groups is 2. The first-order chi connectivity index (χ1) is 38.0. The van der Waals surface area contributed by atoms with Gasteiger partial charge in [0.2, 0.25) is 53.2 Å². The summed E-state index contributed by atoms with van der Waals surface area (Å²) < 4.78 is 0. The average Bonchev–Trinajstić information content (AvgIpc) is 3.88. The van der Waals surface area contributed by atoms with E-state index in [0.29, 0.717) is 51.6 Å². The zero-order chi connectivity index (χ0) is 61.5. The summed E-state index contributed by atoms with van der Waals surface area (Å²) in [6.07, 6.45) is 3.87. The molecule has 1 heterocycles. The molecule has 29 nitrogen and oxygen atoms in total. The smallest absolute Gasteiger partial charge is 0.325 e. The van der Waals surface area contributed by atoms with Gasteiger partial charge in [0.15, 0.2) is 11.9 Å². The van der Waals surface area contributed by atoms with Gasteiger partial charge in [0.05, 0.1) is 6.04 Å². The molecule has 0 aromatic rings. The molecule has 0 saturated carbocycles. The fraction of sp³-hybridized carbons (Fsp3) is 0.769. The third kappa shape index (κ3) is 27.9. The van der Waals surface area contributed by atoms with E-state index < -0.39 is 125 Å². The zero-order valence-electron chi connectivity index (χ0n) is 48.9. The molecular formula is C52H98N18O11. The molecule has 462 valence electrons. The molecule has 10 atom stereocenters. The van der Waals surface area contributed by atoms with Crippen molar-refractivity contribution in [3.63, 3.8) is 0 Å². The van der Waals surface area contributed by atoms with E-state index in [0.717, 1.165) is 0 Å². The van der Waals surface area contributed by atoms with E-state index in [1.165, 1.54) is 18.7 Å². The molecule has 1 saturated heterocycles. The number of nitrogens with one attached hydrogen (secondary N) is 8. The van der Waals surface area contributed by atoms with Gasteiger partial charge in [-0.2, -0.15) is 0 Å². The Morgan fingerprint density at radius 2 is 0.938 bits per heavy atom. The Morgan fingerprint density at radius 3 is 1.42 bits per heavy atom. The van der Waals surface area contributed by atoms with E-state index in [1.807, 2.05) is 27.7 Å². The lowest BCUT2D eigenvalue weighted by Crippen LogP contribution is -2.60.